The van der Waals surface area contributed by atoms with Crippen molar-refractivity contribution in [3.05, 3.63) is 71.3 Å². The van der Waals surface area contributed by atoms with Crippen molar-refractivity contribution < 1.29 is 9.53 Å². The number of nitrogens with zero attached hydrogens (tertiary/aromatic N) is 1. The molecule has 1 heterocycles. The van der Waals surface area contributed by atoms with Crippen molar-refractivity contribution in [2.45, 2.75) is 31.4 Å². The van der Waals surface area contributed by atoms with Crippen molar-refractivity contribution in [1.29, 1.82) is 0 Å². The van der Waals surface area contributed by atoms with E-state index in [4.69, 9.17) is 10.5 Å². The fraction of sp³-hybridized carbons (Fsp3) is 0.435. The molecule has 3 atom stereocenters. The van der Waals surface area contributed by atoms with E-state index in [0.717, 1.165) is 38.0 Å². The molecule has 2 bridgehead atoms. The lowest BCUT2D eigenvalue weighted by atomic mass is 9.62. The van der Waals surface area contributed by atoms with E-state index < -0.39 is 0 Å². The summed E-state index contributed by atoms with van der Waals surface area (Å²) in [5, 5.41) is 0. The number of rotatable bonds is 5. The topological polar surface area (TPSA) is 55.6 Å². The van der Waals surface area contributed by atoms with Crippen LogP contribution in [-0.4, -0.2) is 31.0 Å². The first kappa shape index (κ1) is 18.2. The summed E-state index contributed by atoms with van der Waals surface area (Å²) in [6.45, 7) is 3.01. The number of amides is 1. The standard InChI is InChI=1S/C23H28N2O2/c1-27-23(19-10-5-9-18(13-19)22(24)26)20-11-6-12-21(23)16-25(15-20)14-17-7-3-2-4-8-17/h2-5,7-10,13,20-21H,6,11-12,14-16H2,1H3,(H2,24,26)/t20-,21+,23+. The van der Waals surface area contributed by atoms with Crippen LogP contribution in [0.3, 0.4) is 0 Å². The van der Waals surface area contributed by atoms with Crippen LogP contribution in [0.4, 0.5) is 0 Å². The van der Waals surface area contributed by atoms with Crippen LogP contribution in [0.25, 0.3) is 0 Å². The Balaban J connectivity index is 1.64. The Morgan fingerprint density at radius 2 is 1.81 bits per heavy atom. The highest BCUT2D eigenvalue weighted by Gasteiger charge is 2.53. The maximum absolute atomic E-state index is 11.7. The van der Waals surface area contributed by atoms with Crippen LogP contribution < -0.4 is 5.73 Å². The van der Waals surface area contributed by atoms with Crippen molar-refractivity contribution in [3.63, 3.8) is 0 Å². The number of carbonyl (C=O) groups is 1. The molecular formula is C23H28N2O2. The van der Waals surface area contributed by atoms with Gasteiger partial charge in [0.25, 0.3) is 0 Å². The number of carbonyl (C=O) groups excluding carboxylic acids is 1. The van der Waals surface area contributed by atoms with Gasteiger partial charge in [-0.1, -0.05) is 48.9 Å². The largest absolute Gasteiger partial charge is 0.373 e. The molecule has 0 aromatic heterocycles. The first-order valence-corrected chi connectivity index (χ1v) is 9.85. The predicted octanol–water partition coefficient (Wildman–Crippen LogP) is 3.56. The molecule has 2 aromatic rings. The second kappa shape index (κ2) is 7.45. The third-order valence-corrected chi connectivity index (χ3v) is 6.46. The number of fused-ring (bicyclic) bond motifs is 2. The number of benzene rings is 2. The summed E-state index contributed by atoms with van der Waals surface area (Å²) in [4.78, 5) is 14.3. The van der Waals surface area contributed by atoms with Gasteiger partial charge in [0.2, 0.25) is 5.91 Å². The van der Waals surface area contributed by atoms with Crippen molar-refractivity contribution in [1.82, 2.24) is 4.90 Å². The molecule has 27 heavy (non-hydrogen) atoms. The molecule has 0 unspecified atom stereocenters. The second-order valence-corrected chi connectivity index (χ2v) is 7.95. The Labute approximate surface area is 161 Å². The highest BCUT2D eigenvalue weighted by atomic mass is 16.5. The average molecular weight is 364 g/mol. The summed E-state index contributed by atoms with van der Waals surface area (Å²) in [5.74, 6) is 0.457. The number of hydrogen-bond donors (Lipinski definition) is 1. The number of nitrogens with two attached hydrogens (primary N) is 1. The Morgan fingerprint density at radius 1 is 1.11 bits per heavy atom. The number of piperidine rings is 1. The van der Waals surface area contributed by atoms with E-state index in [1.807, 2.05) is 19.2 Å². The van der Waals surface area contributed by atoms with Gasteiger partial charge in [-0.3, -0.25) is 9.69 Å². The number of ether oxygens (including phenoxy) is 1. The minimum absolute atomic E-state index is 0.323. The maximum atomic E-state index is 11.7. The summed E-state index contributed by atoms with van der Waals surface area (Å²) < 4.78 is 6.29. The molecule has 1 saturated heterocycles. The van der Waals surface area contributed by atoms with Crippen LogP contribution >= 0.6 is 0 Å². The van der Waals surface area contributed by atoms with Gasteiger partial charge in [-0.15, -0.1) is 0 Å². The minimum Gasteiger partial charge on any atom is -0.373 e. The van der Waals surface area contributed by atoms with Crippen molar-refractivity contribution in [2.75, 3.05) is 20.2 Å². The highest BCUT2D eigenvalue weighted by Crippen LogP contribution is 2.51. The number of primary amides is 1. The molecule has 1 aliphatic carbocycles. The van der Waals surface area contributed by atoms with Crippen LogP contribution in [0, 0.1) is 11.8 Å². The SMILES string of the molecule is CO[C@@]1(c2cccc(C(N)=O)c2)[C@@H]2CCC[C@H]1CN(Cc1ccccc1)C2. The van der Waals surface area contributed by atoms with Gasteiger partial charge >= 0.3 is 0 Å². The average Bonchev–Trinajstić information content (AvgIpc) is 2.68. The lowest BCUT2D eigenvalue weighted by Gasteiger charge is -2.55. The van der Waals surface area contributed by atoms with E-state index in [1.54, 1.807) is 6.07 Å². The number of likely N-dealkylation sites (tertiary alicyclic amines) is 1. The zero-order valence-electron chi connectivity index (χ0n) is 15.9. The van der Waals surface area contributed by atoms with Crippen LogP contribution in [0.5, 0.6) is 0 Å². The fourth-order valence-electron chi connectivity index (χ4n) is 5.33. The normalized spacial score (nSPS) is 28.0. The lowest BCUT2D eigenvalue weighted by Crippen LogP contribution is -2.58. The zero-order valence-corrected chi connectivity index (χ0v) is 15.9. The molecule has 4 heteroatoms. The quantitative estimate of drug-likeness (QED) is 0.883. The predicted molar refractivity (Wildman–Crippen MR) is 106 cm³/mol. The Morgan fingerprint density at radius 3 is 2.44 bits per heavy atom. The Bertz CT molecular complexity index is 791. The van der Waals surface area contributed by atoms with Gasteiger partial charge in [0, 0.05) is 44.1 Å². The van der Waals surface area contributed by atoms with Gasteiger partial charge in [0.05, 0.1) is 0 Å². The number of hydrogen-bond acceptors (Lipinski definition) is 3. The molecule has 1 aliphatic heterocycles. The van der Waals surface area contributed by atoms with Crippen LogP contribution in [0.1, 0.15) is 40.7 Å². The van der Waals surface area contributed by atoms with Gasteiger partial charge < -0.3 is 10.5 Å². The molecule has 2 fully saturated rings. The molecule has 2 aromatic carbocycles. The Hall–Kier alpha value is -2.17. The summed E-state index contributed by atoms with van der Waals surface area (Å²) in [5.41, 5.74) is 8.24. The van der Waals surface area contributed by atoms with E-state index in [-0.39, 0.29) is 11.5 Å². The van der Waals surface area contributed by atoms with E-state index in [9.17, 15) is 4.79 Å². The van der Waals surface area contributed by atoms with E-state index in [1.165, 1.54) is 12.0 Å². The second-order valence-electron chi connectivity index (χ2n) is 7.95. The van der Waals surface area contributed by atoms with Crippen molar-refractivity contribution in [3.8, 4) is 0 Å². The number of methoxy groups -OCH3 is 1. The van der Waals surface area contributed by atoms with Crippen LogP contribution in [0.15, 0.2) is 54.6 Å². The molecule has 0 radical (unpaired) electrons. The van der Waals surface area contributed by atoms with Gasteiger partial charge in [-0.25, -0.2) is 0 Å². The monoisotopic (exact) mass is 364 g/mol. The lowest BCUT2D eigenvalue weighted by molar-refractivity contribution is -0.170. The molecule has 142 valence electrons. The van der Waals surface area contributed by atoms with Gasteiger partial charge in [0.15, 0.2) is 0 Å². The van der Waals surface area contributed by atoms with Crippen LogP contribution in [-0.2, 0) is 16.9 Å². The Kier molecular flexibility index (Phi) is 5.02. The molecule has 1 amide bonds. The molecule has 2 aliphatic rings. The summed E-state index contributed by atoms with van der Waals surface area (Å²) in [7, 11) is 1.83. The van der Waals surface area contributed by atoms with Crippen molar-refractivity contribution in [2.24, 2.45) is 17.6 Å². The smallest absolute Gasteiger partial charge is 0.248 e. The first-order chi connectivity index (χ1) is 13.1. The van der Waals surface area contributed by atoms with Gasteiger partial charge in [-0.2, -0.15) is 0 Å². The summed E-state index contributed by atoms with van der Waals surface area (Å²) in [6.07, 6.45) is 3.54. The fourth-order valence-corrected chi connectivity index (χ4v) is 5.33. The molecule has 2 N–H and O–H groups in total. The van der Waals surface area contributed by atoms with E-state index >= 15 is 0 Å². The highest BCUT2D eigenvalue weighted by molar-refractivity contribution is 5.92. The molecule has 1 saturated carbocycles. The third-order valence-electron chi connectivity index (χ3n) is 6.46. The van der Waals surface area contributed by atoms with Crippen molar-refractivity contribution >= 4 is 5.91 Å². The minimum atomic E-state index is -0.380. The zero-order chi connectivity index (χ0) is 18.9. The van der Waals surface area contributed by atoms with Gasteiger partial charge in [0.1, 0.15) is 5.60 Å². The summed E-state index contributed by atoms with van der Waals surface area (Å²) >= 11 is 0. The van der Waals surface area contributed by atoms with E-state index in [2.05, 4.69) is 41.3 Å². The van der Waals surface area contributed by atoms with E-state index in [0.29, 0.717) is 17.4 Å². The molecule has 4 rings (SSSR count). The first-order valence-electron chi connectivity index (χ1n) is 9.85. The van der Waals surface area contributed by atoms with Gasteiger partial charge in [-0.05, 0) is 36.1 Å². The molecular weight excluding hydrogens is 336 g/mol. The van der Waals surface area contributed by atoms with Crippen LogP contribution in [0.2, 0.25) is 0 Å². The third kappa shape index (κ3) is 3.28. The molecule has 0 spiro atoms. The molecule has 4 nitrogen and oxygen atoms in total. The summed E-state index contributed by atoms with van der Waals surface area (Å²) in [6, 6.07) is 18.4. The maximum Gasteiger partial charge on any atom is 0.248 e.